The second-order valence-corrected chi connectivity index (χ2v) is 6.76. The summed E-state index contributed by atoms with van der Waals surface area (Å²) in [7, 11) is 0. The van der Waals surface area contributed by atoms with Gasteiger partial charge in [-0.2, -0.15) is 0 Å². The van der Waals surface area contributed by atoms with Crippen molar-refractivity contribution in [2.24, 2.45) is 0 Å². The van der Waals surface area contributed by atoms with Gasteiger partial charge in [-0.3, -0.25) is 0 Å². The molecule has 2 nitrogen and oxygen atoms in total. The molecule has 2 rings (SSSR count). The number of hydrogen-bond acceptors (Lipinski definition) is 2. The predicted molar refractivity (Wildman–Crippen MR) is 106 cm³/mol. The number of rotatable bonds is 12. The maximum atomic E-state index is 10.2. The molecule has 2 aromatic rings. The van der Waals surface area contributed by atoms with Crippen LogP contribution in [0.15, 0.2) is 48.5 Å². The smallest absolute Gasteiger partial charge is 0.172 e. The van der Waals surface area contributed by atoms with Gasteiger partial charge in [-0.1, -0.05) is 88.6 Å². The van der Waals surface area contributed by atoms with Gasteiger partial charge in [-0.15, -0.1) is 0 Å². The molecular formula is C23H32O2. The lowest BCUT2D eigenvalue weighted by Gasteiger charge is -2.13. The Kier molecular flexibility index (Phi) is 8.96. The molecule has 0 aliphatic rings. The highest BCUT2D eigenvalue weighted by atomic mass is 16.5. The Balaban J connectivity index is 1.75. The fourth-order valence-electron chi connectivity index (χ4n) is 3.12. The topological polar surface area (TPSA) is 29.5 Å². The first-order valence-electron chi connectivity index (χ1n) is 9.85. The number of benzene rings is 2. The van der Waals surface area contributed by atoms with Crippen LogP contribution in [0.5, 0.6) is 17.2 Å². The second kappa shape index (κ2) is 11.6. The SMILES string of the molecule is CCCCCCCCCCCc1cccc(O)c1Oc1ccccc1. The molecule has 0 amide bonds. The summed E-state index contributed by atoms with van der Waals surface area (Å²) in [4.78, 5) is 0. The molecule has 0 aliphatic heterocycles. The van der Waals surface area contributed by atoms with E-state index in [9.17, 15) is 5.11 Å². The summed E-state index contributed by atoms with van der Waals surface area (Å²) in [5, 5.41) is 10.2. The van der Waals surface area contributed by atoms with Gasteiger partial charge in [0.25, 0.3) is 0 Å². The molecule has 0 unspecified atom stereocenters. The summed E-state index contributed by atoms with van der Waals surface area (Å²) in [5.74, 6) is 1.59. The van der Waals surface area contributed by atoms with Crippen LogP contribution in [0.3, 0.4) is 0 Å². The Bertz CT molecular complexity index is 592. The first-order valence-corrected chi connectivity index (χ1v) is 9.85. The zero-order chi connectivity index (χ0) is 17.7. The van der Waals surface area contributed by atoms with Crippen LogP contribution in [0.4, 0.5) is 0 Å². The molecule has 1 N–H and O–H groups in total. The number of ether oxygens (including phenoxy) is 1. The maximum absolute atomic E-state index is 10.2. The van der Waals surface area contributed by atoms with Gasteiger partial charge in [0.15, 0.2) is 11.5 Å². The number of phenols is 1. The number of aromatic hydroxyl groups is 1. The van der Waals surface area contributed by atoms with Crippen LogP contribution in [0.2, 0.25) is 0 Å². The Morgan fingerprint density at radius 1 is 0.720 bits per heavy atom. The van der Waals surface area contributed by atoms with Gasteiger partial charge in [0.2, 0.25) is 0 Å². The van der Waals surface area contributed by atoms with Crippen molar-refractivity contribution < 1.29 is 9.84 Å². The lowest BCUT2D eigenvalue weighted by atomic mass is 10.0. The minimum atomic E-state index is 0.220. The highest BCUT2D eigenvalue weighted by Gasteiger charge is 2.10. The summed E-state index contributed by atoms with van der Waals surface area (Å²) in [6.07, 6.45) is 12.8. The molecule has 0 radical (unpaired) electrons. The van der Waals surface area contributed by atoms with Crippen LogP contribution >= 0.6 is 0 Å². The van der Waals surface area contributed by atoms with Gasteiger partial charge in [0, 0.05) is 0 Å². The molecule has 0 spiro atoms. The first kappa shape index (κ1) is 19.4. The molecule has 0 fully saturated rings. The van der Waals surface area contributed by atoms with E-state index in [1.165, 1.54) is 51.4 Å². The Labute approximate surface area is 152 Å². The third-order valence-corrected chi connectivity index (χ3v) is 4.59. The highest BCUT2D eigenvalue weighted by molar-refractivity contribution is 5.48. The molecule has 0 saturated carbocycles. The van der Waals surface area contributed by atoms with Crippen molar-refractivity contribution in [3.05, 3.63) is 54.1 Å². The van der Waals surface area contributed by atoms with E-state index >= 15 is 0 Å². The van der Waals surface area contributed by atoms with E-state index in [2.05, 4.69) is 13.0 Å². The van der Waals surface area contributed by atoms with E-state index in [4.69, 9.17) is 4.74 Å². The summed E-state index contributed by atoms with van der Waals surface area (Å²) in [5.41, 5.74) is 1.09. The largest absolute Gasteiger partial charge is 0.504 e. The summed E-state index contributed by atoms with van der Waals surface area (Å²) in [6.45, 7) is 2.26. The average molecular weight is 341 g/mol. The van der Waals surface area contributed by atoms with Crippen LogP contribution in [-0.4, -0.2) is 5.11 Å². The zero-order valence-corrected chi connectivity index (χ0v) is 15.5. The second-order valence-electron chi connectivity index (χ2n) is 6.76. The zero-order valence-electron chi connectivity index (χ0n) is 15.5. The van der Waals surface area contributed by atoms with Crippen molar-refractivity contribution in [2.45, 2.75) is 71.1 Å². The molecule has 0 bridgehead atoms. The molecule has 0 saturated heterocycles. The van der Waals surface area contributed by atoms with E-state index < -0.39 is 0 Å². The van der Waals surface area contributed by atoms with Crippen molar-refractivity contribution >= 4 is 0 Å². The molecule has 2 aromatic carbocycles. The summed E-state index contributed by atoms with van der Waals surface area (Å²) < 4.78 is 5.92. The standard InChI is InChI=1S/C23H32O2/c1-2-3-4-5-6-7-8-9-11-15-20-16-14-19-22(24)23(20)25-21-17-12-10-13-18-21/h10,12-14,16-19,24H,2-9,11,15H2,1H3. The molecule has 0 aliphatic carbocycles. The average Bonchev–Trinajstić information content (AvgIpc) is 2.64. The van der Waals surface area contributed by atoms with Gasteiger partial charge < -0.3 is 9.84 Å². The van der Waals surface area contributed by atoms with Gasteiger partial charge in [0.1, 0.15) is 5.75 Å². The van der Waals surface area contributed by atoms with Crippen LogP contribution < -0.4 is 4.74 Å². The number of hydrogen-bond donors (Lipinski definition) is 1. The third-order valence-electron chi connectivity index (χ3n) is 4.59. The van der Waals surface area contributed by atoms with Crippen molar-refractivity contribution in [3.63, 3.8) is 0 Å². The molecule has 0 aromatic heterocycles. The van der Waals surface area contributed by atoms with E-state index in [0.717, 1.165) is 24.2 Å². The third kappa shape index (κ3) is 7.21. The van der Waals surface area contributed by atoms with E-state index in [-0.39, 0.29) is 5.75 Å². The van der Waals surface area contributed by atoms with Crippen molar-refractivity contribution in [1.29, 1.82) is 0 Å². The van der Waals surface area contributed by atoms with E-state index in [1.54, 1.807) is 6.07 Å². The summed E-state index contributed by atoms with van der Waals surface area (Å²) >= 11 is 0. The van der Waals surface area contributed by atoms with Crippen LogP contribution in [0, 0.1) is 0 Å². The first-order chi connectivity index (χ1) is 12.3. The Morgan fingerprint density at radius 3 is 2.04 bits per heavy atom. The lowest BCUT2D eigenvalue weighted by Crippen LogP contribution is -1.93. The molecular weight excluding hydrogens is 308 g/mol. The minimum absolute atomic E-state index is 0.220. The lowest BCUT2D eigenvalue weighted by molar-refractivity contribution is 0.406. The van der Waals surface area contributed by atoms with E-state index in [1.807, 2.05) is 36.4 Å². The van der Waals surface area contributed by atoms with Crippen molar-refractivity contribution in [3.8, 4) is 17.2 Å². The van der Waals surface area contributed by atoms with E-state index in [0.29, 0.717) is 5.75 Å². The van der Waals surface area contributed by atoms with Crippen LogP contribution in [0.1, 0.15) is 70.3 Å². The number of para-hydroxylation sites is 2. The fourth-order valence-corrected chi connectivity index (χ4v) is 3.12. The molecule has 25 heavy (non-hydrogen) atoms. The minimum Gasteiger partial charge on any atom is -0.504 e. The molecule has 2 heteroatoms. The molecule has 0 atom stereocenters. The quantitative estimate of drug-likeness (QED) is 0.412. The van der Waals surface area contributed by atoms with Crippen LogP contribution in [-0.2, 0) is 6.42 Å². The van der Waals surface area contributed by atoms with Crippen molar-refractivity contribution in [2.75, 3.05) is 0 Å². The fraction of sp³-hybridized carbons (Fsp3) is 0.478. The Morgan fingerprint density at radius 2 is 1.36 bits per heavy atom. The van der Waals surface area contributed by atoms with Gasteiger partial charge in [-0.05, 0) is 36.6 Å². The highest BCUT2D eigenvalue weighted by Crippen LogP contribution is 2.35. The Hall–Kier alpha value is -1.96. The number of unbranched alkanes of at least 4 members (excludes halogenated alkanes) is 8. The van der Waals surface area contributed by atoms with Crippen LogP contribution in [0.25, 0.3) is 0 Å². The number of aryl methyl sites for hydroxylation is 1. The van der Waals surface area contributed by atoms with Crippen molar-refractivity contribution in [1.82, 2.24) is 0 Å². The van der Waals surface area contributed by atoms with Gasteiger partial charge in [0.05, 0.1) is 0 Å². The summed E-state index contributed by atoms with van der Waals surface area (Å²) in [6, 6.07) is 15.3. The monoisotopic (exact) mass is 340 g/mol. The predicted octanol–water partition coefficient (Wildman–Crippen LogP) is 7.26. The van der Waals surface area contributed by atoms with Gasteiger partial charge in [-0.25, -0.2) is 0 Å². The molecule has 0 heterocycles. The number of phenolic OH excluding ortho intramolecular Hbond substituents is 1. The normalized spacial score (nSPS) is 10.8. The molecule has 136 valence electrons. The van der Waals surface area contributed by atoms with Gasteiger partial charge >= 0.3 is 0 Å². The maximum Gasteiger partial charge on any atom is 0.172 e.